The van der Waals surface area contributed by atoms with Gasteiger partial charge in [-0.25, -0.2) is 4.99 Å². The van der Waals surface area contributed by atoms with Crippen LogP contribution in [-0.2, 0) is 11.3 Å². The van der Waals surface area contributed by atoms with E-state index in [9.17, 15) is 0 Å². The van der Waals surface area contributed by atoms with E-state index in [1.165, 1.54) is 22.8 Å². The minimum absolute atomic E-state index is 0.674. The van der Waals surface area contributed by atoms with Gasteiger partial charge in [0.25, 0.3) is 0 Å². The van der Waals surface area contributed by atoms with Crippen LogP contribution in [-0.4, -0.2) is 57.4 Å². The van der Waals surface area contributed by atoms with Crippen molar-refractivity contribution in [3.63, 3.8) is 0 Å². The van der Waals surface area contributed by atoms with Gasteiger partial charge in [0, 0.05) is 50.5 Å². The topological polar surface area (TPSA) is 48.9 Å². The van der Waals surface area contributed by atoms with Crippen LogP contribution >= 0.6 is 11.8 Å². The molecule has 1 aromatic carbocycles. The highest BCUT2D eigenvalue weighted by Gasteiger charge is 2.10. The zero-order chi connectivity index (χ0) is 16.3. The number of anilines is 1. The summed E-state index contributed by atoms with van der Waals surface area (Å²) in [5.74, 6) is 3.29. The molecular formula is C17H28N4OS. The van der Waals surface area contributed by atoms with E-state index in [1.54, 1.807) is 7.11 Å². The lowest BCUT2D eigenvalue weighted by Gasteiger charge is -2.28. The van der Waals surface area contributed by atoms with E-state index in [4.69, 9.17) is 4.74 Å². The van der Waals surface area contributed by atoms with Crippen molar-refractivity contribution < 1.29 is 4.74 Å². The number of thioether (sulfide) groups is 1. The third-order valence-electron chi connectivity index (χ3n) is 3.68. The van der Waals surface area contributed by atoms with Crippen LogP contribution in [0.3, 0.4) is 0 Å². The summed E-state index contributed by atoms with van der Waals surface area (Å²) < 4.78 is 5.05. The predicted molar refractivity (Wildman–Crippen MR) is 101 cm³/mol. The monoisotopic (exact) mass is 336 g/mol. The average molecular weight is 337 g/mol. The third kappa shape index (κ3) is 6.31. The maximum Gasteiger partial charge on any atom is 0.191 e. The zero-order valence-corrected chi connectivity index (χ0v) is 15.0. The lowest BCUT2D eigenvalue weighted by Crippen LogP contribution is -2.38. The fourth-order valence-corrected chi connectivity index (χ4v) is 3.32. The van der Waals surface area contributed by atoms with Crippen LogP contribution in [0, 0.1) is 0 Å². The van der Waals surface area contributed by atoms with Crippen LogP contribution in [0.2, 0.25) is 0 Å². The summed E-state index contributed by atoms with van der Waals surface area (Å²) in [4.78, 5) is 7.08. The second kappa shape index (κ2) is 10.4. The smallest absolute Gasteiger partial charge is 0.191 e. The van der Waals surface area contributed by atoms with Crippen molar-refractivity contribution in [2.24, 2.45) is 4.99 Å². The van der Waals surface area contributed by atoms with Gasteiger partial charge >= 0.3 is 0 Å². The van der Waals surface area contributed by atoms with Crippen molar-refractivity contribution in [3.8, 4) is 0 Å². The molecule has 1 aliphatic heterocycles. The highest BCUT2D eigenvalue weighted by atomic mass is 32.2. The summed E-state index contributed by atoms with van der Waals surface area (Å²) >= 11 is 2.04. The van der Waals surface area contributed by atoms with Crippen molar-refractivity contribution in [3.05, 3.63) is 29.8 Å². The Morgan fingerprint density at radius 1 is 1.22 bits per heavy atom. The van der Waals surface area contributed by atoms with Gasteiger partial charge in [-0.05, 0) is 24.6 Å². The number of hydrogen-bond donors (Lipinski definition) is 2. The molecule has 1 fully saturated rings. The zero-order valence-electron chi connectivity index (χ0n) is 14.2. The van der Waals surface area contributed by atoms with Crippen molar-refractivity contribution in [2.45, 2.75) is 13.5 Å². The highest BCUT2D eigenvalue weighted by molar-refractivity contribution is 7.99. The van der Waals surface area contributed by atoms with Gasteiger partial charge in [-0.3, -0.25) is 0 Å². The first-order valence-corrected chi connectivity index (χ1v) is 9.41. The van der Waals surface area contributed by atoms with E-state index in [0.717, 1.165) is 32.1 Å². The van der Waals surface area contributed by atoms with Crippen LogP contribution in [0.5, 0.6) is 0 Å². The van der Waals surface area contributed by atoms with E-state index in [1.807, 2.05) is 11.8 Å². The molecule has 23 heavy (non-hydrogen) atoms. The van der Waals surface area contributed by atoms with Crippen molar-refractivity contribution in [1.29, 1.82) is 0 Å². The highest BCUT2D eigenvalue weighted by Crippen LogP contribution is 2.20. The van der Waals surface area contributed by atoms with Gasteiger partial charge < -0.3 is 20.3 Å². The largest absolute Gasteiger partial charge is 0.383 e. The minimum Gasteiger partial charge on any atom is -0.383 e. The Morgan fingerprint density at radius 2 is 1.96 bits per heavy atom. The lowest BCUT2D eigenvalue weighted by molar-refractivity contribution is 0.203. The van der Waals surface area contributed by atoms with E-state index in [2.05, 4.69) is 51.7 Å². The number of benzene rings is 1. The molecule has 0 spiro atoms. The molecule has 5 nitrogen and oxygen atoms in total. The molecule has 0 amide bonds. The quantitative estimate of drug-likeness (QED) is 0.453. The molecule has 2 rings (SSSR count). The average Bonchev–Trinajstić information content (AvgIpc) is 2.61. The van der Waals surface area contributed by atoms with Gasteiger partial charge in [-0.1, -0.05) is 12.1 Å². The number of guanidine groups is 1. The first-order chi connectivity index (χ1) is 11.3. The Morgan fingerprint density at radius 3 is 2.61 bits per heavy atom. The standard InChI is InChI=1S/C17H28N4OS/c1-3-18-17(19-8-11-22-2)20-14-15-4-6-16(7-5-15)21-9-12-23-13-10-21/h4-7H,3,8-14H2,1-2H3,(H2,18,19,20). The predicted octanol–water partition coefficient (Wildman–Crippen LogP) is 1.94. The Labute approximate surface area is 143 Å². The van der Waals surface area contributed by atoms with E-state index in [0.29, 0.717) is 13.2 Å². The molecule has 0 unspecified atom stereocenters. The lowest BCUT2D eigenvalue weighted by atomic mass is 10.2. The number of nitrogens with one attached hydrogen (secondary N) is 2. The van der Waals surface area contributed by atoms with E-state index in [-0.39, 0.29) is 0 Å². The van der Waals surface area contributed by atoms with Crippen LogP contribution in [0.1, 0.15) is 12.5 Å². The fraction of sp³-hybridized carbons (Fsp3) is 0.588. The Hall–Kier alpha value is -1.40. The molecule has 1 aromatic rings. The van der Waals surface area contributed by atoms with Crippen LogP contribution in [0.15, 0.2) is 29.3 Å². The molecule has 1 aliphatic rings. The van der Waals surface area contributed by atoms with Gasteiger partial charge in [-0.2, -0.15) is 11.8 Å². The molecule has 128 valence electrons. The summed E-state index contributed by atoms with van der Waals surface area (Å²) in [5.41, 5.74) is 2.55. The molecule has 6 heteroatoms. The van der Waals surface area contributed by atoms with Gasteiger partial charge in [0.05, 0.1) is 13.2 Å². The number of ether oxygens (including phenoxy) is 1. The molecule has 0 atom stereocenters. The second-order valence-corrected chi connectivity index (χ2v) is 6.61. The Kier molecular flexibility index (Phi) is 8.11. The first-order valence-electron chi connectivity index (χ1n) is 8.26. The molecule has 0 aliphatic carbocycles. The molecule has 1 saturated heterocycles. The van der Waals surface area contributed by atoms with Gasteiger partial charge in [-0.15, -0.1) is 0 Å². The first kappa shape index (κ1) is 17.9. The van der Waals surface area contributed by atoms with Crippen molar-refractivity contribution >= 4 is 23.4 Å². The minimum atomic E-state index is 0.674. The molecular weight excluding hydrogens is 308 g/mol. The summed E-state index contributed by atoms with van der Waals surface area (Å²) in [6, 6.07) is 8.79. The Bertz CT molecular complexity index is 472. The maximum atomic E-state index is 5.05. The fourth-order valence-electron chi connectivity index (χ4n) is 2.42. The number of nitrogens with zero attached hydrogens (tertiary/aromatic N) is 2. The molecule has 1 heterocycles. The number of hydrogen-bond acceptors (Lipinski definition) is 4. The summed E-state index contributed by atoms with van der Waals surface area (Å²) in [7, 11) is 1.70. The normalized spacial score (nSPS) is 15.6. The van der Waals surface area contributed by atoms with E-state index < -0.39 is 0 Å². The van der Waals surface area contributed by atoms with Gasteiger partial charge in [0.2, 0.25) is 0 Å². The SMILES string of the molecule is CCNC(=NCc1ccc(N2CCSCC2)cc1)NCCOC. The van der Waals surface area contributed by atoms with Gasteiger partial charge in [0.1, 0.15) is 0 Å². The Balaban J connectivity index is 1.88. The van der Waals surface area contributed by atoms with Crippen LogP contribution in [0.4, 0.5) is 5.69 Å². The van der Waals surface area contributed by atoms with E-state index >= 15 is 0 Å². The molecule has 0 saturated carbocycles. The van der Waals surface area contributed by atoms with Crippen LogP contribution in [0.25, 0.3) is 0 Å². The maximum absolute atomic E-state index is 5.05. The number of aliphatic imine (C=N–C) groups is 1. The molecule has 0 radical (unpaired) electrons. The van der Waals surface area contributed by atoms with Gasteiger partial charge in [0.15, 0.2) is 5.96 Å². The third-order valence-corrected chi connectivity index (χ3v) is 4.62. The second-order valence-electron chi connectivity index (χ2n) is 5.38. The van der Waals surface area contributed by atoms with Crippen molar-refractivity contribution in [1.82, 2.24) is 10.6 Å². The summed E-state index contributed by atoms with van der Waals surface area (Å²) in [5, 5.41) is 6.51. The van der Waals surface area contributed by atoms with Crippen molar-refractivity contribution in [2.75, 3.05) is 56.3 Å². The number of methoxy groups -OCH3 is 1. The van der Waals surface area contributed by atoms with Crippen LogP contribution < -0.4 is 15.5 Å². The molecule has 0 bridgehead atoms. The number of rotatable bonds is 7. The molecule has 2 N–H and O–H groups in total. The molecule has 0 aromatic heterocycles. The summed E-state index contributed by atoms with van der Waals surface area (Å²) in [6.45, 7) is 7.33. The summed E-state index contributed by atoms with van der Waals surface area (Å²) in [6.07, 6.45) is 0.